The van der Waals surface area contributed by atoms with Crippen LogP contribution >= 0.6 is 0 Å². The van der Waals surface area contributed by atoms with Gasteiger partial charge in [0.15, 0.2) is 11.5 Å². The van der Waals surface area contributed by atoms with Gasteiger partial charge in [-0.15, -0.1) is 5.10 Å². The fourth-order valence-electron chi connectivity index (χ4n) is 2.16. The SMILES string of the molecule is CC1(C)C(N)CC1Nc1cncc2nnnn12. The summed E-state index contributed by atoms with van der Waals surface area (Å²) in [5.41, 5.74) is 6.71. The largest absolute Gasteiger partial charge is 0.365 e. The van der Waals surface area contributed by atoms with Gasteiger partial charge in [0, 0.05) is 17.5 Å². The lowest BCUT2D eigenvalue weighted by molar-refractivity contribution is 0.117. The summed E-state index contributed by atoms with van der Waals surface area (Å²) < 4.78 is 1.65. The molecular weight excluding hydrogens is 218 g/mol. The summed E-state index contributed by atoms with van der Waals surface area (Å²) in [7, 11) is 0. The Morgan fingerprint density at radius 2 is 2.29 bits per heavy atom. The Labute approximate surface area is 98.4 Å². The lowest BCUT2D eigenvalue weighted by Gasteiger charge is -2.50. The van der Waals surface area contributed by atoms with E-state index in [1.165, 1.54) is 0 Å². The Hall–Kier alpha value is -1.76. The van der Waals surface area contributed by atoms with Crippen LogP contribution in [-0.4, -0.2) is 37.1 Å². The van der Waals surface area contributed by atoms with Crippen molar-refractivity contribution < 1.29 is 0 Å². The van der Waals surface area contributed by atoms with Crippen molar-refractivity contribution in [3.8, 4) is 0 Å². The molecule has 0 saturated heterocycles. The van der Waals surface area contributed by atoms with Crippen LogP contribution < -0.4 is 11.1 Å². The zero-order valence-corrected chi connectivity index (χ0v) is 9.83. The molecule has 0 aromatic carbocycles. The number of nitrogens with two attached hydrogens (primary N) is 1. The molecule has 2 atom stereocenters. The molecule has 0 aliphatic heterocycles. The number of anilines is 1. The van der Waals surface area contributed by atoms with E-state index in [9.17, 15) is 0 Å². The molecule has 1 fully saturated rings. The highest BCUT2D eigenvalue weighted by molar-refractivity contribution is 5.45. The molecule has 2 unspecified atom stereocenters. The van der Waals surface area contributed by atoms with Crippen molar-refractivity contribution in [2.45, 2.75) is 32.4 Å². The zero-order chi connectivity index (χ0) is 12.0. The molecule has 0 radical (unpaired) electrons. The third-order valence-corrected chi connectivity index (χ3v) is 3.77. The summed E-state index contributed by atoms with van der Waals surface area (Å²) in [6.07, 6.45) is 4.30. The van der Waals surface area contributed by atoms with Crippen molar-refractivity contribution in [3.05, 3.63) is 12.4 Å². The lowest BCUT2D eigenvalue weighted by Crippen LogP contribution is -2.61. The smallest absolute Gasteiger partial charge is 0.199 e. The Morgan fingerprint density at radius 1 is 1.47 bits per heavy atom. The van der Waals surface area contributed by atoms with Gasteiger partial charge >= 0.3 is 0 Å². The lowest BCUT2D eigenvalue weighted by atomic mass is 9.63. The third kappa shape index (κ3) is 1.46. The Balaban J connectivity index is 1.89. The highest BCUT2D eigenvalue weighted by Crippen LogP contribution is 2.40. The highest BCUT2D eigenvalue weighted by Gasteiger charge is 2.46. The normalized spacial score (nSPS) is 26.8. The monoisotopic (exact) mass is 233 g/mol. The van der Waals surface area contributed by atoms with Crippen molar-refractivity contribution in [1.29, 1.82) is 0 Å². The fraction of sp³-hybridized carbons (Fsp3) is 0.600. The maximum atomic E-state index is 5.99. The molecule has 90 valence electrons. The van der Waals surface area contributed by atoms with Crippen LogP contribution in [0.2, 0.25) is 0 Å². The van der Waals surface area contributed by atoms with E-state index in [2.05, 4.69) is 39.7 Å². The van der Waals surface area contributed by atoms with Crippen LogP contribution in [0.1, 0.15) is 20.3 Å². The summed E-state index contributed by atoms with van der Waals surface area (Å²) in [4.78, 5) is 4.11. The van der Waals surface area contributed by atoms with Crippen LogP contribution in [0.25, 0.3) is 5.65 Å². The van der Waals surface area contributed by atoms with Gasteiger partial charge in [-0.2, -0.15) is 4.52 Å². The molecular formula is C10H15N7. The van der Waals surface area contributed by atoms with Gasteiger partial charge < -0.3 is 11.1 Å². The predicted molar refractivity (Wildman–Crippen MR) is 62.4 cm³/mol. The van der Waals surface area contributed by atoms with Crippen LogP contribution in [0, 0.1) is 5.41 Å². The average molecular weight is 233 g/mol. The second kappa shape index (κ2) is 3.36. The molecule has 7 heteroatoms. The summed E-state index contributed by atoms with van der Waals surface area (Å²) in [6.45, 7) is 4.32. The molecule has 2 aromatic rings. The van der Waals surface area contributed by atoms with Crippen molar-refractivity contribution in [2.75, 3.05) is 5.32 Å². The molecule has 1 aliphatic carbocycles. The average Bonchev–Trinajstić information content (AvgIpc) is 2.77. The van der Waals surface area contributed by atoms with Gasteiger partial charge in [0.25, 0.3) is 0 Å². The van der Waals surface area contributed by atoms with Crippen LogP contribution in [0.5, 0.6) is 0 Å². The van der Waals surface area contributed by atoms with E-state index in [4.69, 9.17) is 5.73 Å². The molecule has 2 aromatic heterocycles. The molecule has 3 N–H and O–H groups in total. The highest BCUT2D eigenvalue weighted by atomic mass is 15.5. The van der Waals surface area contributed by atoms with Gasteiger partial charge in [0.05, 0.1) is 12.4 Å². The first-order valence-corrected chi connectivity index (χ1v) is 5.63. The Morgan fingerprint density at radius 3 is 3.00 bits per heavy atom. The molecule has 0 bridgehead atoms. The fourth-order valence-corrected chi connectivity index (χ4v) is 2.16. The number of fused-ring (bicyclic) bond motifs is 1. The molecule has 1 saturated carbocycles. The van der Waals surface area contributed by atoms with Gasteiger partial charge in [-0.1, -0.05) is 13.8 Å². The minimum atomic E-state index is 0.0795. The van der Waals surface area contributed by atoms with Crippen molar-refractivity contribution >= 4 is 11.5 Å². The second-order valence-corrected chi connectivity index (χ2v) is 5.10. The molecule has 7 nitrogen and oxygen atoms in total. The summed E-state index contributed by atoms with van der Waals surface area (Å²) >= 11 is 0. The Kier molecular flexibility index (Phi) is 2.06. The minimum absolute atomic E-state index is 0.0795. The number of rotatable bonds is 2. The van der Waals surface area contributed by atoms with Gasteiger partial charge in [-0.25, -0.2) is 0 Å². The van der Waals surface area contributed by atoms with Crippen molar-refractivity contribution in [2.24, 2.45) is 11.1 Å². The van der Waals surface area contributed by atoms with Crippen LogP contribution in [-0.2, 0) is 0 Å². The third-order valence-electron chi connectivity index (χ3n) is 3.77. The number of aromatic nitrogens is 5. The van der Waals surface area contributed by atoms with Crippen molar-refractivity contribution in [1.82, 2.24) is 25.0 Å². The van der Waals surface area contributed by atoms with Crippen LogP contribution in [0.3, 0.4) is 0 Å². The summed E-state index contributed by atoms with van der Waals surface area (Å²) in [5.74, 6) is 0.803. The first-order chi connectivity index (χ1) is 8.09. The summed E-state index contributed by atoms with van der Waals surface area (Å²) in [6, 6.07) is 0.565. The number of hydrogen-bond acceptors (Lipinski definition) is 6. The van der Waals surface area contributed by atoms with Gasteiger partial charge in [0.1, 0.15) is 0 Å². The summed E-state index contributed by atoms with van der Waals surface area (Å²) in [5, 5.41) is 14.8. The van der Waals surface area contributed by atoms with Gasteiger partial charge in [-0.05, 0) is 16.8 Å². The number of nitrogens with zero attached hydrogens (tertiary/aromatic N) is 5. The van der Waals surface area contributed by atoms with Gasteiger partial charge in [-0.3, -0.25) is 4.98 Å². The van der Waals surface area contributed by atoms with Crippen LogP contribution in [0.15, 0.2) is 12.4 Å². The predicted octanol–water partition coefficient (Wildman–Crippen LogP) is 0.0570. The first kappa shape index (κ1) is 10.4. The van der Waals surface area contributed by atoms with E-state index in [1.54, 1.807) is 16.9 Å². The molecule has 0 spiro atoms. The number of tetrazole rings is 1. The van der Waals surface area contributed by atoms with Gasteiger partial charge in [0.2, 0.25) is 0 Å². The van der Waals surface area contributed by atoms with E-state index in [-0.39, 0.29) is 11.5 Å². The molecule has 0 amide bonds. The van der Waals surface area contributed by atoms with E-state index in [0.717, 1.165) is 12.2 Å². The number of hydrogen-bond donors (Lipinski definition) is 2. The molecule has 17 heavy (non-hydrogen) atoms. The van der Waals surface area contributed by atoms with Crippen LogP contribution in [0.4, 0.5) is 5.82 Å². The maximum absolute atomic E-state index is 5.99. The van der Waals surface area contributed by atoms with E-state index >= 15 is 0 Å². The maximum Gasteiger partial charge on any atom is 0.199 e. The van der Waals surface area contributed by atoms with Crippen molar-refractivity contribution in [3.63, 3.8) is 0 Å². The Bertz CT molecular complexity index is 546. The molecule has 1 aliphatic rings. The second-order valence-electron chi connectivity index (χ2n) is 5.10. The number of nitrogens with one attached hydrogen (secondary N) is 1. The van der Waals surface area contributed by atoms with E-state index < -0.39 is 0 Å². The minimum Gasteiger partial charge on any atom is -0.365 e. The van der Waals surface area contributed by atoms with E-state index in [1.807, 2.05) is 0 Å². The zero-order valence-electron chi connectivity index (χ0n) is 9.83. The quantitative estimate of drug-likeness (QED) is 0.761. The topological polar surface area (TPSA) is 94.0 Å². The molecule has 2 heterocycles. The standard InChI is InChI=1S/C10H15N7/c1-10(2)6(11)3-7(10)13-8-4-12-5-9-14-15-16-17(8)9/h4-7,13H,3,11H2,1-2H3. The first-order valence-electron chi connectivity index (χ1n) is 5.63. The van der Waals surface area contributed by atoms with E-state index in [0.29, 0.717) is 11.7 Å². The molecule has 3 rings (SSSR count).